The van der Waals surface area contributed by atoms with E-state index in [-0.39, 0.29) is 0 Å². The molecule has 7 nitrogen and oxygen atoms in total. The van der Waals surface area contributed by atoms with E-state index < -0.39 is 0 Å². The Labute approximate surface area is 197 Å². The van der Waals surface area contributed by atoms with Crippen LogP contribution in [0.25, 0.3) is 39.5 Å². The number of anilines is 1. The van der Waals surface area contributed by atoms with E-state index in [9.17, 15) is 0 Å². The number of imidazole rings is 1. The summed E-state index contributed by atoms with van der Waals surface area (Å²) in [7, 11) is 0. The number of hydrogen-bond acceptors (Lipinski definition) is 6. The van der Waals surface area contributed by atoms with Gasteiger partial charge in [-0.2, -0.15) is 0 Å². The van der Waals surface area contributed by atoms with E-state index in [0.29, 0.717) is 11.9 Å². The lowest BCUT2D eigenvalue weighted by Crippen LogP contribution is -2.54. The molecule has 1 fully saturated rings. The fourth-order valence-electron chi connectivity index (χ4n) is 4.51. The molecule has 0 radical (unpaired) electrons. The third kappa shape index (κ3) is 3.71. The SMILES string of the molecule is Nc1ncccc1-c1nc2ccc(-c3ccccc3)nc2n1-c1ccc(CN2CC(N)C2)cc1. The molecule has 34 heavy (non-hydrogen) atoms. The molecule has 0 atom stereocenters. The molecule has 0 unspecified atom stereocenters. The maximum atomic E-state index is 6.25. The van der Waals surface area contributed by atoms with Gasteiger partial charge in [0.25, 0.3) is 0 Å². The Hall–Kier alpha value is -4.07. The van der Waals surface area contributed by atoms with Crippen molar-refractivity contribution in [1.82, 2.24) is 24.4 Å². The molecule has 1 saturated heterocycles. The van der Waals surface area contributed by atoms with Gasteiger partial charge in [-0.15, -0.1) is 0 Å². The van der Waals surface area contributed by atoms with Crippen LogP contribution in [0.5, 0.6) is 0 Å². The molecule has 3 aromatic heterocycles. The number of nitrogens with two attached hydrogens (primary N) is 2. The van der Waals surface area contributed by atoms with Crippen LogP contribution in [-0.4, -0.2) is 43.6 Å². The molecule has 5 aromatic rings. The summed E-state index contributed by atoms with van der Waals surface area (Å²) in [5.74, 6) is 1.16. The zero-order chi connectivity index (χ0) is 23.1. The molecule has 7 heteroatoms. The second-order valence-corrected chi connectivity index (χ2v) is 8.73. The lowest BCUT2D eigenvalue weighted by atomic mass is 10.1. The van der Waals surface area contributed by atoms with Crippen molar-refractivity contribution in [2.75, 3.05) is 18.8 Å². The number of nitrogen functional groups attached to an aromatic ring is 1. The summed E-state index contributed by atoms with van der Waals surface area (Å²) < 4.78 is 2.07. The number of rotatable bonds is 5. The molecule has 4 heterocycles. The highest BCUT2D eigenvalue weighted by Crippen LogP contribution is 2.31. The Morgan fingerprint density at radius 3 is 2.38 bits per heavy atom. The number of pyridine rings is 2. The van der Waals surface area contributed by atoms with Crippen LogP contribution in [0.3, 0.4) is 0 Å². The van der Waals surface area contributed by atoms with Gasteiger partial charge in [-0.05, 0) is 42.0 Å². The molecular weight excluding hydrogens is 422 g/mol. The Kier molecular flexibility index (Phi) is 5.05. The highest BCUT2D eigenvalue weighted by Gasteiger charge is 2.23. The van der Waals surface area contributed by atoms with Gasteiger partial charge in [0, 0.05) is 43.1 Å². The maximum Gasteiger partial charge on any atom is 0.165 e. The Balaban J connectivity index is 1.48. The number of nitrogens with zero attached hydrogens (tertiary/aromatic N) is 5. The first-order valence-electron chi connectivity index (χ1n) is 11.4. The molecule has 4 N–H and O–H groups in total. The average Bonchev–Trinajstić information content (AvgIpc) is 3.23. The Morgan fingerprint density at radius 1 is 0.853 bits per heavy atom. The summed E-state index contributed by atoms with van der Waals surface area (Å²) in [4.78, 5) is 16.6. The van der Waals surface area contributed by atoms with E-state index >= 15 is 0 Å². The molecule has 168 valence electrons. The summed E-state index contributed by atoms with van der Waals surface area (Å²) in [5.41, 5.74) is 18.7. The summed E-state index contributed by atoms with van der Waals surface area (Å²) in [6.45, 7) is 2.80. The number of benzene rings is 2. The maximum absolute atomic E-state index is 6.25. The molecule has 1 aliphatic heterocycles. The van der Waals surface area contributed by atoms with Crippen molar-refractivity contribution >= 4 is 17.0 Å². The highest BCUT2D eigenvalue weighted by atomic mass is 15.2. The van der Waals surface area contributed by atoms with Crippen molar-refractivity contribution in [3.8, 4) is 28.3 Å². The number of aromatic nitrogens is 4. The summed E-state index contributed by atoms with van der Waals surface area (Å²) in [6.07, 6.45) is 1.69. The molecule has 6 rings (SSSR count). The van der Waals surface area contributed by atoms with Crippen molar-refractivity contribution in [2.45, 2.75) is 12.6 Å². The normalized spacial score (nSPS) is 14.4. The van der Waals surface area contributed by atoms with Crippen LogP contribution in [0.2, 0.25) is 0 Å². The van der Waals surface area contributed by atoms with Gasteiger partial charge in [0.05, 0.1) is 11.3 Å². The number of hydrogen-bond donors (Lipinski definition) is 2. The van der Waals surface area contributed by atoms with Gasteiger partial charge >= 0.3 is 0 Å². The molecule has 0 bridgehead atoms. The van der Waals surface area contributed by atoms with E-state index in [2.05, 4.69) is 50.8 Å². The molecule has 0 saturated carbocycles. The van der Waals surface area contributed by atoms with E-state index in [1.54, 1.807) is 6.20 Å². The minimum absolute atomic E-state index is 0.300. The van der Waals surface area contributed by atoms with E-state index in [1.807, 2.05) is 42.5 Å². The predicted octanol–water partition coefficient (Wildman–Crippen LogP) is 3.87. The zero-order valence-corrected chi connectivity index (χ0v) is 18.7. The molecular formula is C27H25N7. The Bertz CT molecular complexity index is 1450. The van der Waals surface area contributed by atoms with Gasteiger partial charge in [0.2, 0.25) is 0 Å². The molecule has 1 aliphatic rings. The smallest absolute Gasteiger partial charge is 0.165 e. The molecule has 0 amide bonds. The van der Waals surface area contributed by atoms with Crippen molar-refractivity contribution in [2.24, 2.45) is 5.73 Å². The van der Waals surface area contributed by atoms with Crippen molar-refractivity contribution in [3.05, 3.63) is 90.6 Å². The van der Waals surface area contributed by atoms with Gasteiger partial charge in [0.15, 0.2) is 11.5 Å². The lowest BCUT2D eigenvalue weighted by molar-refractivity contribution is 0.142. The number of likely N-dealkylation sites (tertiary alicyclic amines) is 1. The Morgan fingerprint density at radius 2 is 1.65 bits per heavy atom. The van der Waals surface area contributed by atoms with Crippen LogP contribution >= 0.6 is 0 Å². The highest BCUT2D eigenvalue weighted by molar-refractivity contribution is 5.84. The monoisotopic (exact) mass is 447 g/mol. The first-order chi connectivity index (χ1) is 16.7. The van der Waals surface area contributed by atoms with Crippen LogP contribution < -0.4 is 11.5 Å². The average molecular weight is 448 g/mol. The van der Waals surface area contributed by atoms with Crippen molar-refractivity contribution in [3.63, 3.8) is 0 Å². The minimum atomic E-state index is 0.300. The fourth-order valence-corrected chi connectivity index (χ4v) is 4.51. The van der Waals surface area contributed by atoms with Gasteiger partial charge < -0.3 is 11.5 Å². The first kappa shape index (κ1) is 20.5. The summed E-state index contributed by atoms with van der Waals surface area (Å²) >= 11 is 0. The second-order valence-electron chi connectivity index (χ2n) is 8.73. The van der Waals surface area contributed by atoms with Gasteiger partial charge in [-0.3, -0.25) is 9.47 Å². The lowest BCUT2D eigenvalue weighted by Gasteiger charge is -2.36. The molecule has 0 spiro atoms. The number of fused-ring (bicyclic) bond motifs is 1. The quantitative estimate of drug-likeness (QED) is 0.424. The van der Waals surface area contributed by atoms with Crippen molar-refractivity contribution in [1.29, 1.82) is 0 Å². The van der Waals surface area contributed by atoms with Crippen molar-refractivity contribution < 1.29 is 0 Å². The van der Waals surface area contributed by atoms with Crippen LogP contribution in [-0.2, 0) is 6.54 Å². The van der Waals surface area contributed by atoms with Gasteiger partial charge in [-0.1, -0.05) is 42.5 Å². The summed E-state index contributed by atoms with van der Waals surface area (Å²) in [6, 6.07) is 26.8. The van der Waals surface area contributed by atoms with Crippen LogP contribution in [0.1, 0.15) is 5.56 Å². The third-order valence-electron chi connectivity index (χ3n) is 6.24. The van der Waals surface area contributed by atoms with Crippen LogP contribution in [0, 0.1) is 0 Å². The van der Waals surface area contributed by atoms with E-state index in [1.165, 1.54) is 5.56 Å². The second kappa shape index (κ2) is 8.37. The van der Waals surface area contributed by atoms with Crippen LogP contribution in [0.15, 0.2) is 85.1 Å². The first-order valence-corrected chi connectivity index (χ1v) is 11.4. The summed E-state index contributed by atoms with van der Waals surface area (Å²) in [5, 5.41) is 0. The predicted molar refractivity (Wildman–Crippen MR) is 135 cm³/mol. The van der Waals surface area contributed by atoms with Crippen LogP contribution in [0.4, 0.5) is 5.82 Å². The topological polar surface area (TPSA) is 98.9 Å². The van der Waals surface area contributed by atoms with Gasteiger partial charge in [0.1, 0.15) is 11.3 Å². The molecule has 2 aromatic carbocycles. The third-order valence-corrected chi connectivity index (χ3v) is 6.24. The largest absolute Gasteiger partial charge is 0.383 e. The molecule has 0 aliphatic carbocycles. The minimum Gasteiger partial charge on any atom is -0.383 e. The standard InChI is InChI=1S/C27H25N7/c28-20-16-33(17-20)15-18-8-10-21(11-9-18)34-26(22-7-4-14-30-25(22)29)32-24-13-12-23(31-27(24)34)19-5-2-1-3-6-19/h1-14,20H,15-17,28H2,(H2,29,30). The zero-order valence-electron chi connectivity index (χ0n) is 18.7. The van der Waals surface area contributed by atoms with E-state index in [0.717, 1.165) is 59.1 Å². The fraction of sp³-hybridized carbons (Fsp3) is 0.148. The van der Waals surface area contributed by atoms with E-state index in [4.69, 9.17) is 21.4 Å². The van der Waals surface area contributed by atoms with Gasteiger partial charge in [-0.25, -0.2) is 15.0 Å².